The van der Waals surface area contributed by atoms with E-state index in [-0.39, 0.29) is 17.1 Å². The summed E-state index contributed by atoms with van der Waals surface area (Å²) in [6.07, 6.45) is 2.78. The van der Waals surface area contributed by atoms with Crippen molar-refractivity contribution in [1.82, 2.24) is 4.57 Å². The Balaban J connectivity index is 1.81. The molecule has 0 amide bonds. The smallest absolute Gasteiger partial charge is 0.399 e. The topological polar surface area (TPSA) is 40.5 Å². The second-order valence-corrected chi connectivity index (χ2v) is 8.36. The molecular formula is C19H23BFNO3. The minimum atomic E-state index is -0.817. The highest BCUT2D eigenvalue weighted by Crippen LogP contribution is 2.41. The molecule has 4 nitrogen and oxygen atoms in total. The van der Waals surface area contributed by atoms with E-state index in [2.05, 4.69) is 6.92 Å². The van der Waals surface area contributed by atoms with Crippen molar-refractivity contribution in [3.63, 3.8) is 0 Å². The van der Waals surface area contributed by atoms with Gasteiger partial charge in [0, 0.05) is 23.1 Å². The number of pyridine rings is 1. The van der Waals surface area contributed by atoms with Crippen LogP contribution in [0.15, 0.2) is 29.2 Å². The first-order valence-electron chi connectivity index (χ1n) is 8.81. The van der Waals surface area contributed by atoms with E-state index in [0.29, 0.717) is 16.7 Å². The van der Waals surface area contributed by atoms with Crippen molar-refractivity contribution < 1.29 is 13.7 Å². The molecule has 1 saturated carbocycles. The van der Waals surface area contributed by atoms with Crippen molar-refractivity contribution in [2.24, 2.45) is 5.92 Å². The Hall–Kier alpha value is -1.66. The maximum atomic E-state index is 14.7. The fourth-order valence-electron chi connectivity index (χ4n) is 3.40. The van der Waals surface area contributed by atoms with E-state index in [0.717, 1.165) is 6.42 Å². The molecule has 2 fully saturated rings. The lowest BCUT2D eigenvalue weighted by atomic mass is 9.78. The molecule has 0 radical (unpaired) electrons. The van der Waals surface area contributed by atoms with Gasteiger partial charge in [-0.3, -0.25) is 4.79 Å². The number of aromatic nitrogens is 1. The SMILES string of the molecule is C[C@H]1C[C@@H]1n1ccc2cc(F)c(B3OC(C)(C)C(C)(C)O3)cc2c1=O. The summed E-state index contributed by atoms with van der Waals surface area (Å²) in [7, 11) is -0.817. The van der Waals surface area contributed by atoms with Gasteiger partial charge in [-0.2, -0.15) is 0 Å². The van der Waals surface area contributed by atoms with Crippen molar-refractivity contribution in [1.29, 1.82) is 0 Å². The number of rotatable bonds is 2. The van der Waals surface area contributed by atoms with Crippen LogP contribution in [0.5, 0.6) is 0 Å². The fraction of sp³-hybridized carbons (Fsp3) is 0.526. The lowest BCUT2D eigenvalue weighted by molar-refractivity contribution is 0.00578. The summed E-state index contributed by atoms with van der Waals surface area (Å²) in [6, 6.07) is 5.05. The van der Waals surface area contributed by atoms with Gasteiger partial charge in [-0.1, -0.05) is 6.92 Å². The van der Waals surface area contributed by atoms with Crippen LogP contribution < -0.4 is 11.0 Å². The van der Waals surface area contributed by atoms with E-state index in [1.54, 1.807) is 22.9 Å². The Morgan fingerprint density at radius 2 is 1.80 bits per heavy atom. The van der Waals surface area contributed by atoms with Crippen LogP contribution in [-0.4, -0.2) is 22.9 Å². The number of benzene rings is 1. The van der Waals surface area contributed by atoms with E-state index in [4.69, 9.17) is 9.31 Å². The Kier molecular flexibility index (Phi) is 3.48. The average molecular weight is 343 g/mol. The van der Waals surface area contributed by atoms with Gasteiger partial charge in [0.15, 0.2) is 0 Å². The summed E-state index contributed by atoms with van der Waals surface area (Å²) >= 11 is 0. The Morgan fingerprint density at radius 1 is 1.20 bits per heavy atom. The van der Waals surface area contributed by atoms with Gasteiger partial charge >= 0.3 is 7.12 Å². The Morgan fingerprint density at radius 3 is 2.36 bits per heavy atom. The fourth-order valence-corrected chi connectivity index (χ4v) is 3.40. The van der Waals surface area contributed by atoms with Crippen LogP contribution >= 0.6 is 0 Å². The van der Waals surface area contributed by atoms with Crippen LogP contribution in [0.4, 0.5) is 4.39 Å². The third kappa shape index (κ3) is 2.54. The van der Waals surface area contributed by atoms with E-state index in [1.807, 2.05) is 27.7 Å². The highest BCUT2D eigenvalue weighted by atomic mass is 19.1. The first-order chi connectivity index (χ1) is 11.6. The van der Waals surface area contributed by atoms with Gasteiger partial charge in [-0.25, -0.2) is 4.39 Å². The Labute approximate surface area is 147 Å². The summed E-state index contributed by atoms with van der Waals surface area (Å²) in [6.45, 7) is 9.82. The minimum Gasteiger partial charge on any atom is -0.399 e. The molecule has 1 saturated heterocycles. The molecule has 2 aliphatic rings. The molecule has 2 aromatic rings. The standard InChI is InChI=1S/C19H23BFNO3/c1-11-8-16(11)22-7-6-12-9-15(21)14(10-13(12)17(22)23)20-24-18(2,3)19(4,5)25-20/h6-7,9-11,16H,8H2,1-5H3/t11-,16-/m0/s1. The lowest BCUT2D eigenvalue weighted by Crippen LogP contribution is -2.41. The largest absolute Gasteiger partial charge is 0.497 e. The summed E-state index contributed by atoms with van der Waals surface area (Å²) in [5.41, 5.74) is -0.909. The van der Waals surface area contributed by atoms with Crippen LogP contribution in [0.3, 0.4) is 0 Å². The molecule has 2 heterocycles. The monoisotopic (exact) mass is 343 g/mol. The number of nitrogens with zero attached hydrogens (tertiary/aromatic N) is 1. The zero-order valence-corrected chi connectivity index (χ0v) is 15.3. The summed E-state index contributed by atoms with van der Waals surface area (Å²) in [5.74, 6) is 0.0982. The molecule has 0 N–H and O–H groups in total. The third-order valence-electron chi connectivity index (χ3n) is 5.98. The molecule has 1 aliphatic carbocycles. The second-order valence-electron chi connectivity index (χ2n) is 8.36. The van der Waals surface area contributed by atoms with Crippen LogP contribution in [-0.2, 0) is 9.31 Å². The van der Waals surface area contributed by atoms with E-state index >= 15 is 0 Å². The molecule has 1 aromatic carbocycles. The second kappa shape index (κ2) is 5.18. The van der Waals surface area contributed by atoms with Gasteiger partial charge in [-0.15, -0.1) is 0 Å². The van der Waals surface area contributed by atoms with Crippen LogP contribution in [0.1, 0.15) is 47.1 Å². The maximum absolute atomic E-state index is 14.7. The predicted molar refractivity (Wildman–Crippen MR) is 96.7 cm³/mol. The van der Waals surface area contributed by atoms with Crippen molar-refractivity contribution in [3.8, 4) is 0 Å². The molecule has 1 aromatic heterocycles. The van der Waals surface area contributed by atoms with E-state index in [9.17, 15) is 9.18 Å². The first kappa shape index (κ1) is 16.8. The van der Waals surface area contributed by atoms with E-state index in [1.165, 1.54) is 6.07 Å². The number of halogens is 1. The van der Waals surface area contributed by atoms with Gasteiger partial charge in [-0.05, 0) is 63.6 Å². The number of fused-ring (bicyclic) bond motifs is 1. The van der Waals surface area contributed by atoms with Crippen molar-refractivity contribution in [2.75, 3.05) is 0 Å². The quantitative estimate of drug-likeness (QED) is 0.787. The van der Waals surface area contributed by atoms with Gasteiger partial charge in [0.25, 0.3) is 5.56 Å². The zero-order chi connectivity index (χ0) is 18.1. The molecule has 132 valence electrons. The molecule has 0 unspecified atom stereocenters. The first-order valence-corrected chi connectivity index (χ1v) is 8.81. The highest BCUT2D eigenvalue weighted by Gasteiger charge is 2.52. The van der Waals surface area contributed by atoms with Crippen molar-refractivity contribution >= 4 is 23.4 Å². The van der Waals surface area contributed by atoms with Crippen LogP contribution in [0, 0.1) is 11.7 Å². The molecule has 0 spiro atoms. The number of hydrogen-bond donors (Lipinski definition) is 0. The average Bonchev–Trinajstić information content (AvgIpc) is 3.17. The molecule has 4 rings (SSSR count). The lowest BCUT2D eigenvalue weighted by Gasteiger charge is -2.32. The minimum absolute atomic E-state index is 0.0791. The zero-order valence-electron chi connectivity index (χ0n) is 15.3. The van der Waals surface area contributed by atoms with Crippen molar-refractivity contribution in [3.05, 3.63) is 40.6 Å². The highest BCUT2D eigenvalue weighted by molar-refractivity contribution is 6.62. The molecule has 25 heavy (non-hydrogen) atoms. The predicted octanol–water partition coefficient (Wildman–Crippen LogP) is 3.02. The third-order valence-corrected chi connectivity index (χ3v) is 5.98. The maximum Gasteiger partial charge on any atom is 0.497 e. The molecule has 1 aliphatic heterocycles. The summed E-state index contributed by atoms with van der Waals surface area (Å²) in [4.78, 5) is 12.8. The van der Waals surface area contributed by atoms with Crippen LogP contribution in [0.25, 0.3) is 10.8 Å². The van der Waals surface area contributed by atoms with Gasteiger partial charge in [0.05, 0.1) is 11.2 Å². The van der Waals surface area contributed by atoms with Crippen molar-refractivity contribution in [2.45, 2.75) is 58.3 Å². The van der Waals surface area contributed by atoms with Crippen LogP contribution in [0.2, 0.25) is 0 Å². The normalized spacial score (nSPS) is 27.0. The molecule has 0 bridgehead atoms. The molecule has 2 atom stereocenters. The van der Waals surface area contributed by atoms with Gasteiger partial charge < -0.3 is 13.9 Å². The summed E-state index contributed by atoms with van der Waals surface area (Å²) < 4.78 is 28.3. The summed E-state index contributed by atoms with van der Waals surface area (Å²) in [5, 5.41) is 1.11. The molecular weight excluding hydrogens is 320 g/mol. The van der Waals surface area contributed by atoms with E-state index < -0.39 is 24.1 Å². The molecule has 6 heteroatoms. The Bertz CT molecular complexity index is 905. The number of hydrogen-bond acceptors (Lipinski definition) is 3. The van der Waals surface area contributed by atoms with Gasteiger partial charge in [0.2, 0.25) is 0 Å². The van der Waals surface area contributed by atoms with Gasteiger partial charge in [0.1, 0.15) is 5.82 Å².